The second-order valence-electron chi connectivity index (χ2n) is 3.13. The van der Waals surface area contributed by atoms with Crippen LogP contribution in [0.25, 0.3) is 0 Å². The summed E-state index contributed by atoms with van der Waals surface area (Å²) in [6, 6.07) is 0. The zero-order chi connectivity index (χ0) is 7.40. The molecule has 0 bridgehead atoms. The summed E-state index contributed by atoms with van der Waals surface area (Å²) in [7, 11) is -2.08. The van der Waals surface area contributed by atoms with E-state index in [0.29, 0.717) is 5.92 Å². The van der Waals surface area contributed by atoms with Crippen LogP contribution in [0.15, 0.2) is 0 Å². The van der Waals surface area contributed by atoms with Gasteiger partial charge in [-0.25, -0.2) is 0 Å². The topological polar surface area (TPSA) is 0 Å². The summed E-state index contributed by atoms with van der Waals surface area (Å²) >= 11 is 0. The second kappa shape index (κ2) is 9.06. The third kappa shape index (κ3) is 6.95. The standard InChI is InChI=1S/C7H13BF2.FH.K/c9-8(10)6-7-4-2-1-3-5-7;;/h7H,1-6H2;1H;/q;;+1/p-1. The number of hydrogen-bond donors (Lipinski definition) is 0. The van der Waals surface area contributed by atoms with Gasteiger partial charge < -0.3 is 4.70 Å². The maximum atomic E-state index is 11.8. The minimum absolute atomic E-state index is 0. The van der Waals surface area contributed by atoms with Crippen molar-refractivity contribution in [1.29, 1.82) is 0 Å². The van der Waals surface area contributed by atoms with E-state index in [1.54, 1.807) is 0 Å². The average Bonchev–Trinajstić information content (AvgIpc) is 1.88. The van der Waals surface area contributed by atoms with Crippen molar-refractivity contribution in [3.63, 3.8) is 0 Å². The SMILES string of the molecule is FB(F)CC1CCCCC1.[F-].[K+]. The maximum Gasteiger partial charge on any atom is 1.00 e. The van der Waals surface area contributed by atoms with E-state index in [1.807, 2.05) is 0 Å². The van der Waals surface area contributed by atoms with Crippen molar-refractivity contribution < 1.29 is 64.7 Å². The molecule has 0 unspecified atom stereocenters. The van der Waals surface area contributed by atoms with Gasteiger partial charge in [0.25, 0.3) is 0 Å². The van der Waals surface area contributed by atoms with E-state index in [0.717, 1.165) is 25.7 Å². The molecule has 0 atom stereocenters. The Balaban J connectivity index is 0. The first-order valence-corrected chi connectivity index (χ1v) is 4.07. The molecule has 0 saturated heterocycles. The van der Waals surface area contributed by atoms with Crippen molar-refractivity contribution in [2.75, 3.05) is 0 Å². The monoisotopic (exact) mass is 204 g/mol. The largest absolute Gasteiger partial charge is 1.00 e. The molecule has 0 aliphatic heterocycles. The first kappa shape index (κ1) is 15.9. The Labute approximate surface area is 115 Å². The van der Waals surface area contributed by atoms with Crippen molar-refractivity contribution >= 4 is 7.27 Å². The predicted molar refractivity (Wildman–Crippen MR) is 39.4 cm³/mol. The fourth-order valence-corrected chi connectivity index (χ4v) is 1.67. The van der Waals surface area contributed by atoms with Gasteiger partial charge in [-0.3, -0.25) is 8.63 Å². The smallest absolute Gasteiger partial charge is 1.00 e. The fraction of sp³-hybridized carbons (Fsp3) is 1.00. The molecule has 5 heteroatoms. The molecular weight excluding hydrogens is 191 g/mol. The molecule has 0 aromatic heterocycles. The van der Waals surface area contributed by atoms with E-state index >= 15 is 0 Å². The van der Waals surface area contributed by atoms with Gasteiger partial charge in [0.05, 0.1) is 0 Å². The van der Waals surface area contributed by atoms with Gasteiger partial charge in [-0.2, -0.15) is 0 Å². The van der Waals surface area contributed by atoms with E-state index in [-0.39, 0.29) is 62.4 Å². The first-order chi connectivity index (χ1) is 4.79. The summed E-state index contributed by atoms with van der Waals surface area (Å²) in [6.07, 6.45) is 5.78. The van der Waals surface area contributed by atoms with Crippen molar-refractivity contribution in [3.05, 3.63) is 0 Å². The molecule has 0 aromatic rings. The van der Waals surface area contributed by atoms with Gasteiger partial charge in [0.2, 0.25) is 0 Å². The molecule has 0 spiro atoms. The third-order valence-electron chi connectivity index (χ3n) is 2.24. The first-order valence-electron chi connectivity index (χ1n) is 4.07. The molecular formula is C7H13BF3K. The number of hydrogen-bond acceptors (Lipinski definition) is 0. The van der Waals surface area contributed by atoms with Crippen LogP contribution in [0.4, 0.5) is 8.63 Å². The minimum Gasteiger partial charge on any atom is -1.00 e. The second-order valence-corrected chi connectivity index (χ2v) is 3.13. The summed E-state index contributed by atoms with van der Waals surface area (Å²) in [5.74, 6) is 0.328. The van der Waals surface area contributed by atoms with Gasteiger partial charge >= 0.3 is 58.7 Å². The van der Waals surface area contributed by atoms with Crippen LogP contribution in [0, 0.1) is 5.92 Å². The molecule has 66 valence electrons. The zero-order valence-corrected chi connectivity index (χ0v) is 10.7. The Hall–Kier alpha value is 1.49. The van der Waals surface area contributed by atoms with Crippen LogP contribution in [0.5, 0.6) is 0 Å². The van der Waals surface area contributed by atoms with Crippen molar-refractivity contribution in [2.24, 2.45) is 5.92 Å². The Morgan fingerprint density at radius 2 is 1.58 bits per heavy atom. The number of halogens is 3. The molecule has 1 fully saturated rings. The van der Waals surface area contributed by atoms with Crippen molar-refractivity contribution in [2.45, 2.75) is 38.4 Å². The molecule has 0 heterocycles. The minimum atomic E-state index is -2.08. The number of rotatable bonds is 2. The van der Waals surface area contributed by atoms with Crippen molar-refractivity contribution in [3.8, 4) is 0 Å². The van der Waals surface area contributed by atoms with Crippen LogP contribution in [-0.2, 0) is 0 Å². The Bertz CT molecular complexity index is 96.7. The van der Waals surface area contributed by atoms with E-state index in [4.69, 9.17) is 0 Å². The average molecular weight is 204 g/mol. The van der Waals surface area contributed by atoms with E-state index in [2.05, 4.69) is 0 Å². The molecule has 0 radical (unpaired) electrons. The molecule has 1 saturated carbocycles. The Morgan fingerprint density at radius 1 is 1.08 bits per heavy atom. The van der Waals surface area contributed by atoms with Gasteiger partial charge in [0, 0.05) is 0 Å². The third-order valence-corrected chi connectivity index (χ3v) is 2.24. The quantitative estimate of drug-likeness (QED) is 0.421. The summed E-state index contributed by atoms with van der Waals surface area (Å²) in [5.41, 5.74) is 0. The van der Waals surface area contributed by atoms with E-state index in [1.165, 1.54) is 6.42 Å². The normalized spacial score (nSPS) is 17.5. The van der Waals surface area contributed by atoms with Crippen LogP contribution in [0.3, 0.4) is 0 Å². The molecule has 0 N–H and O–H groups in total. The van der Waals surface area contributed by atoms with Crippen LogP contribution >= 0.6 is 0 Å². The molecule has 1 aliphatic carbocycles. The van der Waals surface area contributed by atoms with Crippen LogP contribution < -0.4 is 56.1 Å². The van der Waals surface area contributed by atoms with Gasteiger partial charge in [0.1, 0.15) is 0 Å². The van der Waals surface area contributed by atoms with Crippen LogP contribution in [0.2, 0.25) is 6.32 Å². The maximum absolute atomic E-state index is 11.8. The van der Waals surface area contributed by atoms with Gasteiger partial charge in [-0.15, -0.1) is 0 Å². The molecule has 0 aromatic carbocycles. The molecule has 1 rings (SSSR count). The van der Waals surface area contributed by atoms with E-state index < -0.39 is 7.27 Å². The van der Waals surface area contributed by atoms with E-state index in [9.17, 15) is 8.63 Å². The zero-order valence-electron chi connectivity index (χ0n) is 7.53. The summed E-state index contributed by atoms with van der Waals surface area (Å²) in [5, 5.41) is 0. The summed E-state index contributed by atoms with van der Waals surface area (Å²) in [4.78, 5) is 0. The Morgan fingerprint density at radius 3 is 2.00 bits per heavy atom. The van der Waals surface area contributed by atoms with Gasteiger partial charge in [-0.1, -0.05) is 32.1 Å². The molecule has 0 amide bonds. The van der Waals surface area contributed by atoms with Gasteiger partial charge in [0.15, 0.2) is 0 Å². The predicted octanol–water partition coefficient (Wildman–Crippen LogP) is -3.00. The Kier molecular flexibility index (Phi) is 12.0. The van der Waals surface area contributed by atoms with Gasteiger partial charge in [-0.05, 0) is 12.2 Å². The molecule has 0 nitrogen and oxygen atoms in total. The summed E-state index contributed by atoms with van der Waals surface area (Å²) < 4.78 is 23.6. The van der Waals surface area contributed by atoms with Crippen LogP contribution in [-0.4, -0.2) is 7.27 Å². The molecule has 1 aliphatic rings. The van der Waals surface area contributed by atoms with Crippen LogP contribution in [0.1, 0.15) is 32.1 Å². The summed E-state index contributed by atoms with van der Waals surface area (Å²) in [6.45, 7) is 0. The molecule has 12 heavy (non-hydrogen) atoms. The van der Waals surface area contributed by atoms with Crippen molar-refractivity contribution in [1.82, 2.24) is 0 Å². The fourth-order valence-electron chi connectivity index (χ4n) is 1.67.